The van der Waals surface area contributed by atoms with Crippen molar-refractivity contribution in [1.82, 2.24) is 9.88 Å². The minimum Gasteiger partial charge on any atom is -0.398 e. The first kappa shape index (κ1) is 12.2. The molecule has 1 aliphatic heterocycles. The number of aromatic nitrogens is 1. The zero-order chi connectivity index (χ0) is 13.2. The van der Waals surface area contributed by atoms with E-state index in [-0.39, 0.29) is 0 Å². The number of nitrogens with one attached hydrogen (secondary N) is 1. The SMILES string of the molecule is CN1CCCC1CNc1ccc(N)c2ccncc12. The van der Waals surface area contributed by atoms with Crippen LogP contribution in [0.1, 0.15) is 12.8 Å². The summed E-state index contributed by atoms with van der Waals surface area (Å²) in [7, 11) is 2.20. The Morgan fingerprint density at radius 3 is 3.05 bits per heavy atom. The fourth-order valence-corrected chi connectivity index (χ4v) is 2.83. The number of nitrogen functional groups attached to an aromatic ring is 1. The predicted molar refractivity (Wildman–Crippen MR) is 80.3 cm³/mol. The van der Waals surface area contributed by atoms with Crippen LogP contribution in [0.2, 0.25) is 0 Å². The predicted octanol–water partition coefficient (Wildman–Crippen LogP) is 2.32. The Labute approximate surface area is 113 Å². The normalized spacial score (nSPS) is 19.9. The zero-order valence-corrected chi connectivity index (χ0v) is 11.3. The van der Waals surface area contributed by atoms with E-state index in [0.29, 0.717) is 6.04 Å². The van der Waals surface area contributed by atoms with Gasteiger partial charge < -0.3 is 16.0 Å². The number of pyridine rings is 1. The number of likely N-dealkylation sites (N-methyl/N-ethyl adjacent to an activating group) is 1. The molecule has 0 spiro atoms. The molecule has 1 aromatic carbocycles. The van der Waals surface area contributed by atoms with Crippen LogP contribution in [0, 0.1) is 0 Å². The van der Waals surface area contributed by atoms with Crippen molar-refractivity contribution in [3.8, 4) is 0 Å². The highest BCUT2D eigenvalue weighted by Crippen LogP contribution is 2.27. The number of benzene rings is 1. The maximum absolute atomic E-state index is 6.00. The summed E-state index contributed by atoms with van der Waals surface area (Å²) in [6, 6.07) is 6.61. The van der Waals surface area contributed by atoms with Gasteiger partial charge in [0.15, 0.2) is 0 Å². The van der Waals surface area contributed by atoms with Gasteiger partial charge in [0.25, 0.3) is 0 Å². The van der Waals surface area contributed by atoms with Gasteiger partial charge in [0.1, 0.15) is 0 Å². The smallest absolute Gasteiger partial charge is 0.0437 e. The van der Waals surface area contributed by atoms with Gasteiger partial charge in [-0.15, -0.1) is 0 Å². The average Bonchev–Trinajstić information content (AvgIpc) is 2.84. The molecule has 1 unspecified atom stereocenters. The highest BCUT2D eigenvalue weighted by Gasteiger charge is 2.20. The van der Waals surface area contributed by atoms with Gasteiger partial charge in [0.05, 0.1) is 0 Å². The summed E-state index contributed by atoms with van der Waals surface area (Å²) in [5.74, 6) is 0. The first-order valence-electron chi connectivity index (χ1n) is 6.82. The Morgan fingerprint density at radius 2 is 2.26 bits per heavy atom. The molecule has 3 rings (SSSR count). The van der Waals surface area contributed by atoms with Gasteiger partial charge in [-0.25, -0.2) is 0 Å². The monoisotopic (exact) mass is 256 g/mol. The Bertz CT molecular complexity index is 581. The lowest BCUT2D eigenvalue weighted by atomic mass is 10.1. The van der Waals surface area contributed by atoms with Crippen LogP contribution in [-0.4, -0.2) is 36.1 Å². The Hall–Kier alpha value is -1.81. The molecule has 1 fully saturated rings. The average molecular weight is 256 g/mol. The second-order valence-electron chi connectivity index (χ2n) is 5.28. The molecule has 1 saturated heterocycles. The Kier molecular flexibility index (Phi) is 3.25. The number of nitrogens with two attached hydrogens (primary N) is 1. The van der Waals surface area contributed by atoms with E-state index in [1.807, 2.05) is 24.4 Å². The molecule has 19 heavy (non-hydrogen) atoms. The van der Waals surface area contributed by atoms with Crippen molar-refractivity contribution in [1.29, 1.82) is 0 Å². The standard InChI is InChI=1S/C15H20N4/c1-19-8-2-3-11(19)9-18-15-5-4-14(16)12-6-7-17-10-13(12)15/h4-7,10-11,18H,2-3,8-9,16H2,1H3. The fraction of sp³-hybridized carbons (Fsp3) is 0.400. The Balaban J connectivity index is 1.83. The van der Waals surface area contributed by atoms with E-state index in [2.05, 4.69) is 22.2 Å². The third-order valence-electron chi connectivity index (χ3n) is 4.05. The van der Waals surface area contributed by atoms with Crippen LogP contribution in [-0.2, 0) is 0 Å². The second-order valence-corrected chi connectivity index (χ2v) is 5.28. The maximum atomic E-state index is 6.00. The summed E-state index contributed by atoms with van der Waals surface area (Å²) in [6.07, 6.45) is 6.24. The lowest BCUT2D eigenvalue weighted by Crippen LogP contribution is -2.31. The van der Waals surface area contributed by atoms with Crippen LogP contribution in [0.5, 0.6) is 0 Å². The molecule has 1 aromatic heterocycles. The van der Waals surface area contributed by atoms with Crippen LogP contribution in [0.3, 0.4) is 0 Å². The third kappa shape index (κ3) is 2.36. The molecule has 0 saturated carbocycles. The van der Waals surface area contributed by atoms with Gasteiger partial charge in [0, 0.05) is 47.1 Å². The molecule has 0 bridgehead atoms. The molecule has 4 heteroatoms. The minimum atomic E-state index is 0.629. The summed E-state index contributed by atoms with van der Waals surface area (Å²) < 4.78 is 0. The van der Waals surface area contributed by atoms with E-state index in [1.54, 1.807) is 6.20 Å². The van der Waals surface area contributed by atoms with Gasteiger partial charge >= 0.3 is 0 Å². The van der Waals surface area contributed by atoms with Crippen LogP contribution in [0.4, 0.5) is 11.4 Å². The van der Waals surface area contributed by atoms with Gasteiger partial charge in [-0.1, -0.05) is 0 Å². The highest BCUT2D eigenvalue weighted by molar-refractivity contribution is 6.00. The molecule has 1 aliphatic rings. The van der Waals surface area contributed by atoms with E-state index in [4.69, 9.17) is 5.73 Å². The lowest BCUT2D eigenvalue weighted by molar-refractivity contribution is 0.322. The van der Waals surface area contributed by atoms with Crippen LogP contribution < -0.4 is 11.1 Å². The first-order valence-corrected chi connectivity index (χ1v) is 6.82. The van der Waals surface area contributed by atoms with Crippen molar-refractivity contribution in [2.45, 2.75) is 18.9 Å². The summed E-state index contributed by atoms with van der Waals surface area (Å²) in [6.45, 7) is 2.18. The van der Waals surface area contributed by atoms with E-state index < -0.39 is 0 Å². The Morgan fingerprint density at radius 1 is 1.37 bits per heavy atom. The van der Waals surface area contributed by atoms with Crippen molar-refractivity contribution >= 4 is 22.1 Å². The van der Waals surface area contributed by atoms with Crippen molar-refractivity contribution in [2.75, 3.05) is 31.2 Å². The molecule has 0 radical (unpaired) electrons. The molecule has 100 valence electrons. The molecule has 4 nitrogen and oxygen atoms in total. The lowest BCUT2D eigenvalue weighted by Gasteiger charge is -2.21. The van der Waals surface area contributed by atoms with Gasteiger partial charge in [0.2, 0.25) is 0 Å². The van der Waals surface area contributed by atoms with E-state index in [0.717, 1.165) is 28.7 Å². The number of anilines is 2. The number of fused-ring (bicyclic) bond motifs is 1. The van der Waals surface area contributed by atoms with Crippen molar-refractivity contribution in [2.24, 2.45) is 0 Å². The minimum absolute atomic E-state index is 0.629. The van der Waals surface area contributed by atoms with Crippen molar-refractivity contribution < 1.29 is 0 Å². The van der Waals surface area contributed by atoms with Gasteiger partial charge in [-0.2, -0.15) is 0 Å². The molecular formula is C15H20N4. The zero-order valence-electron chi connectivity index (χ0n) is 11.3. The van der Waals surface area contributed by atoms with Crippen molar-refractivity contribution in [3.05, 3.63) is 30.6 Å². The molecule has 0 aliphatic carbocycles. The molecule has 2 heterocycles. The number of likely N-dealkylation sites (tertiary alicyclic amines) is 1. The van der Waals surface area contributed by atoms with Crippen molar-refractivity contribution in [3.63, 3.8) is 0 Å². The van der Waals surface area contributed by atoms with Crippen LogP contribution >= 0.6 is 0 Å². The topological polar surface area (TPSA) is 54.2 Å². The first-order chi connectivity index (χ1) is 9.25. The van der Waals surface area contributed by atoms with E-state index in [1.165, 1.54) is 19.4 Å². The van der Waals surface area contributed by atoms with Crippen LogP contribution in [0.15, 0.2) is 30.6 Å². The largest absolute Gasteiger partial charge is 0.398 e. The number of hydrogen-bond donors (Lipinski definition) is 2. The molecule has 0 amide bonds. The van der Waals surface area contributed by atoms with E-state index in [9.17, 15) is 0 Å². The second kappa shape index (κ2) is 5.05. The number of hydrogen-bond acceptors (Lipinski definition) is 4. The highest BCUT2D eigenvalue weighted by atomic mass is 15.2. The van der Waals surface area contributed by atoms with Crippen LogP contribution in [0.25, 0.3) is 10.8 Å². The van der Waals surface area contributed by atoms with Gasteiger partial charge in [-0.05, 0) is 44.6 Å². The summed E-state index contributed by atoms with van der Waals surface area (Å²) >= 11 is 0. The fourth-order valence-electron chi connectivity index (χ4n) is 2.83. The maximum Gasteiger partial charge on any atom is 0.0437 e. The third-order valence-corrected chi connectivity index (χ3v) is 4.05. The van der Waals surface area contributed by atoms with Gasteiger partial charge in [-0.3, -0.25) is 4.98 Å². The molecule has 3 N–H and O–H groups in total. The summed E-state index contributed by atoms with van der Waals surface area (Å²) in [5, 5.41) is 5.72. The number of rotatable bonds is 3. The molecule has 1 atom stereocenters. The summed E-state index contributed by atoms with van der Waals surface area (Å²) in [4.78, 5) is 6.62. The molecule has 2 aromatic rings. The number of nitrogens with zero attached hydrogens (tertiary/aromatic N) is 2. The summed E-state index contributed by atoms with van der Waals surface area (Å²) in [5.41, 5.74) is 7.93. The van der Waals surface area contributed by atoms with E-state index >= 15 is 0 Å². The quantitative estimate of drug-likeness (QED) is 0.828. The molecular weight excluding hydrogens is 236 g/mol.